The highest BCUT2D eigenvalue weighted by Gasteiger charge is 2.30. The summed E-state index contributed by atoms with van der Waals surface area (Å²) in [5, 5.41) is 0.793. The van der Waals surface area contributed by atoms with Crippen molar-refractivity contribution in [3.63, 3.8) is 0 Å². The molecule has 0 aliphatic carbocycles. The summed E-state index contributed by atoms with van der Waals surface area (Å²) in [6.07, 6.45) is -2.53. The Hall–Kier alpha value is -3.59. The van der Waals surface area contributed by atoms with Gasteiger partial charge in [0, 0.05) is 24.4 Å². The van der Waals surface area contributed by atoms with Gasteiger partial charge in [-0.3, -0.25) is 0 Å². The molecule has 28 heavy (non-hydrogen) atoms. The number of hydrogen-bond donors (Lipinski definition) is 0. The Bertz CT molecular complexity index is 1200. The van der Waals surface area contributed by atoms with E-state index in [2.05, 4.69) is 21.8 Å². The van der Waals surface area contributed by atoms with Gasteiger partial charge in [0.2, 0.25) is 0 Å². The Morgan fingerprint density at radius 2 is 1.57 bits per heavy atom. The second-order valence-corrected chi connectivity index (χ2v) is 6.25. The summed E-state index contributed by atoms with van der Waals surface area (Å²) >= 11 is 0. The van der Waals surface area contributed by atoms with Crippen molar-refractivity contribution < 1.29 is 13.2 Å². The van der Waals surface area contributed by atoms with E-state index in [1.807, 2.05) is 54.2 Å². The maximum atomic E-state index is 12.8. The van der Waals surface area contributed by atoms with E-state index < -0.39 is 11.7 Å². The fraction of sp³-hybridized carbons (Fsp3) is 0.0909. The van der Waals surface area contributed by atoms with Gasteiger partial charge in [-0.2, -0.15) is 13.2 Å². The smallest absolute Gasteiger partial charge is 0.335 e. The minimum atomic E-state index is -4.38. The third kappa shape index (κ3) is 3.47. The van der Waals surface area contributed by atoms with Gasteiger partial charge in [0.05, 0.1) is 10.9 Å². The Morgan fingerprint density at radius 1 is 0.857 bits per heavy atom. The van der Waals surface area contributed by atoms with Crippen molar-refractivity contribution in [2.24, 2.45) is 7.05 Å². The predicted octanol–water partition coefficient (Wildman–Crippen LogP) is 5.05. The monoisotopic (exact) mass is 377 g/mol. The Kier molecular flexibility index (Phi) is 4.36. The molecule has 2 heterocycles. The largest absolute Gasteiger partial charge is 0.416 e. The van der Waals surface area contributed by atoms with Crippen LogP contribution in [0, 0.1) is 11.8 Å². The highest BCUT2D eigenvalue weighted by atomic mass is 19.4. The lowest BCUT2D eigenvalue weighted by Crippen LogP contribution is -2.04. The fourth-order valence-corrected chi connectivity index (χ4v) is 2.82. The minimum absolute atomic E-state index is 0.334. The van der Waals surface area contributed by atoms with E-state index in [0.717, 1.165) is 23.1 Å². The molecule has 0 saturated carbocycles. The van der Waals surface area contributed by atoms with E-state index in [1.54, 1.807) is 0 Å². The van der Waals surface area contributed by atoms with Crippen LogP contribution in [0.4, 0.5) is 13.2 Å². The van der Waals surface area contributed by atoms with Crippen molar-refractivity contribution in [1.82, 2.24) is 14.5 Å². The second kappa shape index (κ2) is 6.86. The summed E-state index contributed by atoms with van der Waals surface area (Å²) < 4.78 is 40.3. The number of halogens is 3. The molecule has 0 bridgehead atoms. The molecule has 0 aliphatic rings. The third-order valence-corrected chi connectivity index (χ3v) is 4.29. The van der Waals surface area contributed by atoms with Gasteiger partial charge in [0.25, 0.3) is 0 Å². The molecule has 0 unspecified atom stereocenters. The van der Waals surface area contributed by atoms with Crippen molar-refractivity contribution in [3.05, 3.63) is 83.7 Å². The summed E-state index contributed by atoms with van der Waals surface area (Å²) in [6.45, 7) is 0. The van der Waals surface area contributed by atoms with Crippen LogP contribution in [0.25, 0.3) is 22.4 Å². The van der Waals surface area contributed by atoms with Crippen LogP contribution in [0.2, 0.25) is 0 Å². The number of nitrogens with zero attached hydrogens (tertiary/aromatic N) is 3. The van der Waals surface area contributed by atoms with Crippen molar-refractivity contribution in [2.45, 2.75) is 6.18 Å². The van der Waals surface area contributed by atoms with Gasteiger partial charge in [-0.05, 0) is 36.3 Å². The van der Waals surface area contributed by atoms with Crippen LogP contribution in [0.1, 0.15) is 16.8 Å². The summed E-state index contributed by atoms with van der Waals surface area (Å²) in [7, 11) is 1.85. The lowest BCUT2D eigenvalue weighted by atomic mass is 10.1. The first-order valence-corrected chi connectivity index (χ1v) is 8.49. The molecular formula is C22H14F3N3. The van der Waals surface area contributed by atoms with E-state index in [-0.39, 0.29) is 0 Å². The van der Waals surface area contributed by atoms with E-state index in [0.29, 0.717) is 22.7 Å². The van der Waals surface area contributed by atoms with Gasteiger partial charge in [-0.25, -0.2) is 9.97 Å². The highest BCUT2D eigenvalue weighted by molar-refractivity contribution is 5.83. The van der Waals surface area contributed by atoms with Crippen molar-refractivity contribution >= 4 is 11.0 Å². The molecule has 0 atom stereocenters. The average molecular weight is 377 g/mol. The molecule has 0 amide bonds. The number of hydrogen-bond acceptors (Lipinski definition) is 2. The van der Waals surface area contributed by atoms with Crippen LogP contribution in [0.15, 0.2) is 66.9 Å². The molecule has 138 valence electrons. The molecule has 0 spiro atoms. The molecule has 0 saturated heterocycles. The molecule has 3 nitrogen and oxygen atoms in total. The molecule has 0 aliphatic heterocycles. The zero-order chi connectivity index (χ0) is 19.7. The van der Waals surface area contributed by atoms with Gasteiger partial charge < -0.3 is 4.57 Å². The highest BCUT2D eigenvalue weighted by Crippen LogP contribution is 2.30. The van der Waals surface area contributed by atoms with E-state index in [4.69, 9.17) is 0 Å². The van der Waals surface area contributed by atoms with Crippen LogP contribution in [0.3, 0.4) is 0 Å². The molecule has 4 aromatic rings. The molecule has 6 heteroatoms. The number of aromatic nitrogens is 3. The number of alkyl halides is 3. The summed E-state index contributed by atoms with van der Waals surface area (Å²) in [6, 6.07) is 16.2. The van der Waals surface area contributed by atoms with Gasteiger partial charge >= 0.3 is 6.18 Å². The van der Waals surface area contributed by atoms with Gasteiger partial charge in [-0.1, -0.05) is 36.3 Å². The average Bonchev–Trinajstić information content (AvgIpc) is 3.07. The third-order valence-electron chi connectivity index (χ3n) is 4.29. The van der Waals surface area contributed by atoms with Crippen LogP contribution in [0.5, 0.6) is 0 Å². The first-order valence-electron chi connectivity index (χ1n) is 8.49. The molecule has 0 radical (unpaired) electrons. The van der Waals surface area contributed by atoms with E-state index >= 15 is 0 Å². The number of rotatable bonds is 1. The van der Waals surface area contributed by atoms with Crippen LogP contribution in [-0.4, -0.2) is 14.5 Å². The van der Waals surface area contributed by atoms with Gasteiger partial charge in [0.15, 0.2) is 5.82 Å². The molecule has 0 N–H and O–H groups in total. The van der Waals surface area contributed by atoms with Gasteiger partial charge in [-0.15, -0.1) is 0 Å². The van der Waals surface area contributed by atoms with E-state index in [1.165, 1.54) is 12.1 Å². The zero-order valence-corrected chi connectivity index (χ0v) is 14.8. The Balaban J connectivity index is 1.82. The summed E-state index contributed by atoms with van der Waals surface area (Å²) in [5.41, 5.74) is 1.84. The predicted molar refractivity (Wildman–Crippen MR) is 101 cm³/mol. The second-order valence-electron chi connectivity index (χ2n) is 6.25. The number of aryl methyl sites for hydroxylation is 1. The van der Waals surface area contributed by atoms with Crippen LogP contribution >= 0.6 is 0 Å². The topological polar surface area (TPSA) is 30.7 Å². The molecule has 2 aromatic heterocycles. The lowest BCUT2D eigenvalue weighted by Gasteiger charge is -2.08. The molecular weight excluding hydrogens is 363 g/mol. The first-order chi connectivity index (χ1) is 13.4. The van der Waals surface area contributed by atoms with Crippen molar-refractivity contribution in [1.29, 1.82) is 0 Å². The minimum Gasteiger partial charge on any atom is -0.335 e. The first kappa shape index (κ1) is 17.8. The molecule has 0 fully saturated rings. The maximum Gasteiger partial charge on any atom is 0.416 e. The van der Waals surface area contributed by atoms with Crippen LogP contribution < -0.4 is 0 Å². The molecule has 2 aromatic carbocycles. The summed E-state index contributed by atoms with van der Waals surface area (Å²) in [5.74, 6) is 6.47. The lowest BCUT2D eigenvalue weighted by molar-refractivity contribution is -0.137. The standard InChI is InChI=1S/C22H14F3N3/c1-28-14-13-18-19(12-7-15-5-3-2-4-6-15)26-20(27-21(18)28)16-8-10-17(11-9-16)22(23,24)25/h2-6,8-11,13-14H,1H3. The normalized spacial score (nSPS) is 11.3. The fourth-order valence-electron chi connectivity index (χ4n) is 2.82. The SMILES string of the molecule is Cn1ccc2c(C#Cc3ccccc3)nc(-c3ccc(C(F)(F)F)cc3)nc21. The quantitative estimate of drug-likeness (QED) is 0.435. The van der Waals surface area contributed by atoms with E-state index in [9.17, 15) is 13.2 Å². The molecule has 4 rings (SSSR count). The van der Waals surface area contributed by atoms with Crippen molar-refractivity contribution in [2.75, 3.05) is 0 Å². The van der Waals surface area contributed by atoms with Gasteiger partial charge in [0.1, 0.15) is 11.3 Å². The number of benzene rings is 2. The maximum absolute atomic E-state index is 12.8. The Labute approximate surface area is 159 Å². The van der Waals surface area contributed by atoms with Crippen LogP contribution in [-0.2, 0) is 13.2 Å². The number of fused-ring (bicyclic) bond motifs is 1. The Morgan fingerprint density at radius 3 is 2.25 bits per heavy atom. The zero-order valence-electron chi connectivity index (χ0n) is 14.8. The van der Waals surface area contributed by atoms with Crippen molar-refractivity contribution in [3.8, 4) is 23.2 Å². The summed E-state index contributed by atoms with van der Waals surface area (Å²) in [4.78, 5) is 9.03.